The average Bonchev–Trinajstić information content (AvgIpc) is 3.42. The maximum absolute atomic E-state index is 6.37. The van der Waals surface area contributed by atoms with E-state index in [1.54, 1.807) is 6.20 Å². The third-order valence-corrected chi connectivity index (χ3v) is 5.94. The molecule has 150 valence electrons. The molecule has 0 fully saturated rings. The normalized spacial score (nSPS) is 11.8. The van der Waals surface area contributed by atoms with Crippen LogP contribution in [0.2, 0.25) is 0 Å². The number of hydrogen-bond acceptors (Lipinski definition) is 4. The lowest BCUT2D eigenvalue weighted by molar-refractivity contribution is 0.663. The standard InChI is InChI=1S/C28H16N2O2/c1-3-13-24-17(8-1)19-16-20(21-11-7-12-23(30-21)22-10-5-6-15-29-22)28-26(27(19)31-24)18-9-2-4-14-25(18)32-28/h1-16H. The minimum absolute atomic E-state index is 0.781. The number of pyridine rings is 2. The first-order valence-electron chi connectivity index (χ1n) is 10.5. The molecule has 0 aliphatic heterocycles. The van der Waals surface area contributed by atoms with Crippen LogP contribution in [0.3, 0.4) is 0 Å². The van der Waals surface area contributed by atoms with Crippen LogP contribution in [0, 0.1) is 0 Å². The van der Waals surface area contributed by atoms with E-state index in [0.29, 0.717) is 0 Å². The summed E-state index contributed by atoms with van der Waals surface area (Å²) in [5.74, 6) is 0. The van der Waals surface area contributed by atoms with Gasteiger partial charge in [-0.15, -0.1) is 0 Å². The second-order valence-electron chi connectivity index (χ2n) is 7.82. The molecule has 4 nitrogen and oxygen atoms in total. The summed E-state index contributed by atoms with van der Waals surface area (Å²) in [5, 5.41) is 4.15. The summed E-state index contributed by atoms with van der Waals surface area (Å²) in [6, 6.07) is 30.2. The molecule has 4 aromatic heterocycles. The largest absolute Gasteiger partial charge is 0.455 e. The van der Waals surface area contributed by atoms with Gasteiger partial charge < -0.3 is 8.83 Å². The Kier molecular flexibility index (Phi) is 3.52. The van der Waals surface area contributed by atoms with Crippen LogP contribution in [0.5, 0.6) is 0 Å². The van der Waals surface area contributed by atoms with Crippen molar-refractivity contribution < 1.29 is 8.83 Å². The zero-order valence-electron chi connectivity index (χ0n) is 16.9. The monoisotopic (exact) mass is 412 g/mol. The van der Waals surface area contributed by atoms with Crippen LogP contribution in [-0.2, 0) is 0 Å². The van der Waals surface area contributed by atoms with Gasteiger partial charge in [0.2, 0.25) is 0 Å². The first kappa shape index (κ1) is 17.3. The van der Waals surface area contributed by atoms with Crippen molar-refractivity contribution in [3.63, 3.8) is 0 Å². The fourth-order valence-electron chi connectivity index (χ4n) is 4.50. The molecule has 0 spiro atoms. The zero-order chi connectivity index (χ0) is 21.1. The first-order valence-corrected chi connectivity index (χ1v) is 10.5. The highest BCUT2D eigenvalue weighted by Gasteiger charge is 2.21. The summed E-state index contributed by atoms with van der Waals surface area (Å²) >= 11 is 0. The van der Waals surface area contributed by atoms with Crippen molar-refractivity contribution in [2.75, 3.05) is 0 Å². The molecule has 0 aliphatic carbocycles. The van der Waals surface area contributed by atoms with Gasteiger partial charge in [0.1, 0.15) is 22.3 Å². The van der Waals surface area contributed by atoms with Crippen molar-refractivity contribution in [2.45, 2.75) is 0 Å². The third kappa shape index (κ3) is 2.44. The smallest absolute Gasteiger partial charge is 0.148 e. The fourth-order valence-corrected chi connectivity index (χ4v) is 4.50. The number of rotatable bonds is 2. The molecule has 0 N–H and O–H groups in total. The summed E-state index contributed by atoms with van der Waals surface area (Å²) in [5.41, 5.74) is 6.75. The molecule has 0 aliphatic rings. The lowest BCUT2D eigenvalue weighted by atomic mass is 10.0. The minimum Gasteiger partial charge on any atom is -0.455 e. The highest BCUT2D eigenvalue weighted by atomic mass is 16.3. The predicted octanol–water partition coefficient (Wildman–Crippen LogP) is 7.61. The molecule has 4 heterocycles. The second-order valence-corrected chi connectivity index (χ2v) is 7.82. The lowest BCUT2D eigenvalue weighted by Crippen LogP contribution is -1.90. The number of hydrogen-bond donors (Lipinski definition) is 0. The van der Waals surface area contributed by atoms with Crippen LogP contribution in [0.25, 0.3) is 66.5 Å². The Morgan fingerprint density at radius 1 is 0.531 bits per heavy atom. The molecule has 7 rings (SSSR count). The first-order chi connectivity index (χ1) is 15.9. The van der Waals surface area contributed by atoms with Gasteiger partial charge in [-0.05, 0) is 42.5 Å². The Bertz CT molecular complexity index is 1780. The van der Waals surface area contributed by atoms with Crippen molar-refractivity contribution in [3.8, 4) is 22.6 Å². The van der Waals surface area contributed by atoms with E-state index in [2.05, 4.69) is 23.2 Å². The summed E-state index contributed by atoms with van der Waals surface area (Å²) in [6.45, 7) is 0. The van der Waals surface area contributed by atoms with E-state index in [0.717, 1.165) is 66.5 Å². The van der Waals surface area contributed by atoms with Crippen LogP contribution in [0.15, 0.2) is 106 Å². The Balaban J connectivity index is 1.62. The molecule has 0 bridgehead atoms. The van der Waals surface area contributed by atoms with Gasteiger partial charge in [0.05, 0.1) is 22.5 Å². The van der Waals surface area contributed by atoms with E-state index in [1.165, 1.54) is 0 Å². The highest BCUT2D eigenvalue weighted by molar-refractivity contribution is 6.25. The van der Waals surface area contributed by atoms with Gasteiger partial charge in [0, 0.05) is 27.9 Å². The third-order valence-electron chi connectivity index (χ3n) is 5.94. The maximum atomic E-state index is 6.37. The van der Waals surface area contributed by atoms with Crippen molar-refractivity contribution in [1.29, 1.82) is 0 Å². The number of nitrogens with zero attached hydrogens (tertiary/aromatic N) is 2. The van der Waals surface area contributed by atoms with Gasteiger partial charge in [0.25, 0.3) is 0 Å². The van der Waals surface area contributed by atoms with Gasteiger partial charge in [0.15, 0.2) is 0 Å². The maximum Gasteiger partial charge on any atom is 0.148 e. The van der Waals surface area contributed by atoms with Gasteiger partial charge >= 0.3 is 0 Å². The fraction of sp³-hybridized carbons (Fsp3) is 0. The number of benzene rings is 3. The molecule has 0 saturated carbocycles. The number of furan rings is 2. The minimum atomic E-state index is 0.781. The zero-order valence-corrected chi connectivity index (χ0v) is 16.9. The SMILES string of the molecule is c1ccc(-c2cccc(-c3cc4c5ccccc5oc4c4c3oc3ccccc34)n2)nc1. The van der Waals surface area contributed by atoms with Crippen LogP contribution in [-0.4, -0.2) is 9.97 Å². The topological polar surface area (TPSA) is 52.1 Å². The lowest BCUT2D eigenvalue weighted by Gasteiger charge is -2.06. The van der Waals surface area contributed by atoms with Gasteiger partial charge in [-0.25, -0.2) is 4.98 Å². The van der Waals surface area contributed by atoms with Crippen LogP contribution in [0.1, 0.15) is 0 Å². The molecule has 0 atom stereocenters. The quantitative estimate of drug-likeness (QED) is 0.293. The summed E-state index contributed by atoms with van der Waals surface area (Å²) in [4.78, 5) is 9.41. The molecule has 3 aromatic carbocycles. The molecular weight excluding hydrogens is 396 g/mol. The van der Waals surface area contributed by atoms with E-state index in [4.69, 9.17) is 13.8 Å². The Morgan fingerprint density at radius 3 is 2.06 bits per heavy atom. The summed E-state index contributed by atoms with van der Waals surface area (Å²) in [7, 11) is 0. The van der Waals surface area contributed by atoms with Gasteiger partial charge in [-0.1, -0.05) is 48.5 Å². The summed E-state index contributed by atoms with van der Waals surface area (Å²) in [6.07, 6.45) is 1.78. The van der Waals surface area contributed by atoms with Crippen molar-refractivity contribution >= 4 is 43.9 Å². The molecule has 0 unspecified atom stereocenters. The van der Waals surface area contributed by atoms with Crippen LogP contribution >= 0.6 is 0 Å². The Labute approximate surface area is 182 Å². The Morgan fingerprint density at radius 2 is 1.22 bits per heavy atom. The second kappa shape index (κ2) is 6.53. The predicted molar refractivity (Wildman–Crippen MR) is 127 cm³/mol. The van der Waals surface area contributed by atoms with E-state index < -0.39 is 0 Å². The average molecular weight is 412 g/mol. The molecule has 0 radical (unpaired) electrons. The number of para-hydroxylation sites is 2. The van der Waals surface area contributed by atoms with Crippen LogP contribution < -0.4 is 0 Å². The van der Waals surface area contributed by atoms with Crippen molar-refractivity contribution in [1.82, 2.24) is 9.97 Å². The molecular formula is C28H16N2O2. The Hall–Kier alpha value is -4.44. The van der Waals surface area contributed by atoms with E-state index in [1.807, 2.05) is 72.8 Å². The highest BCUT2D eigenvalue weighted by Crippen LogP contribution is 2.43. The molecule has 7 aromatic rings. The van der Waals surface area contributed by atoms with Crippen LogP contribution in [0.4, 0.5) is 0 Å². The van der Waals surface area contributed by atoms with Gasteiger partial charge in [-0.3, -0.25) is 4.98 Å². The van der Waals surface area contributed by atoms with E-state index in [9.17, 15) is 0 Å². The van der Waals surface area contributed by atoms with Crippen molar-refractivity contribution in [2.24, 2.45) is 0 Å². The molecule has 0 saturated heterocycles. The van der Waals surface area contributed by atoms with E-state index in [-0.39, 0.29) is 0 Å². The molecule has 32 heavy (non-hydrogen) atoms. The molecule has 4 heteroatoms. The van der Waals surface area contributed by atoms with E-state index >= 15 is 0 Å². The number of aromatic nitrogens is 2. The number of fused-ring (bicyclic) bond motifs is 7. The summed E-state index contributed by atoms with van der Waals surface area (Å²) < 4.78 is 12.7. The molecule has 0 amide bonds. The van der Waals surface area contributed by atoms with Gasteiger partial charge in [-0.2, -0.15) is 0 Å². The van der Waals surface area contributed by atoms with Crippen molar-refractivity contribution in [3.05, 3.63) is 97.2 Å².